The van der Waals surface area contributed by atoms with Crippen LogP contribution in [0.1, 0.15) is 23.2 Å². The molecule has 8 heteroatoms. The van der Waals surface area contributed by atoms with Crippen molar-refractivity contribution in [3.8, 4) is 0 Å². The molecule has 0 saturated carbocycles. The number of hydrogen-bond acceptors (Lipinski definition) is 4. The predicted molar refractivity (Wildman–Crippen MR) is 83.3 cm³/mol. The summed E-state index contributed by atoms with van der Waals surface area (Å²) in [4.78, 5) is 22.3. The molecule has 2 N–H and O–H groups in total. The summed E-state index contributed by atoms with van der Waals surface area (Å²) in [5.41, 5.74) is -0.221. The highest BCUT2D eigenvalue weighted by Gasteiger charge is 2.21. The van der Waals surface area contributed by atoms with Gasteiger partial charge in [0.2, 0.25) is 0 Å². The average Bonchev–Trinajstić information content (AvgIpc) is 2.91. The van der Waals surface area contributed by atoms with Crippen LogP contribution in [-0.2, 0) is 0 Å². The normalized spacial score (nSPS) is 17.1. The molecule has 0 bridgehead atoms. The minimum atomic E-state index is -0.577. The van der Waals surface area contributed by atoms with Crippen molar-refractivity contribution in [2.75, 3.05) is 19.6 Å². The molecule has 1 aromatic rings. The van der Waals surface area contributed by atoms with Crippen LogP contribution in [-0.4, -0.2) is 30.5 Å². The van der Waals surface area contributed by atoms with Gasteiger partial charge in [-0.25, -0.2) is 0 Å². The van der Waals surface area contributed by atoms with E-state index in [4.69, 9.17) is 11.6 Å². The van der Waals surface area contributed by atoms with E-state index in [2.05, 4.69) is 10.6 Å². The zero-order chi connectivity index (χ0) is 14.5. The molecule has 1 unspecified atom stereocenters. The topological polar surface area (TPSA) is 84.3 Å². The predicted octanol–water partition coefficient (Wildman–Crippen LogP) is 2.40. The Hall–Kier alpha value is -1.37. The van der Waals surface area contributed by atoms with Crippen LogP contribution in [0.4, 0.5) is 5.69 Å². The molecule has 1 aliphatic rings. The maximum absolute atomic E-state index is 12.0. The molecular formula is C13H17Cl2N3O3. The number of carbonyl (C=O) groups excluding carboxylic acids is 1. The Bertz CT molecular complexity index is 519. The Morgan fingerprint density at radius 2 is 2.29 bits per heavy atom. The van der Waals surface area contributed by atoms with Crippen LogP contribution >= 0.6 is 24.0 Å². The Labute approximate surface area is 133 Å². The lowest BCUT2D eigenvalue weighted by atomic mass is 10.1. The van der Waals surface area contributed by atoms with E-state index in [0.29, 0.717) is 17.5 Å². The molecule has 0 spiro atoms. The van der Waals surface area contributed by atoms with Crippen molar-refractivity contribution < 1.29 is 9.72 Å². The summed E-state index contributed by atoms with van der Waals surface area (Å²) < 4.78 is 0. The summed E-state index contributed by atoms with van der Waals surface area (Å²) in [6, 6.07) is 3.98. The molecule has 1 fully saturated rings. The third-order valence-electron chi connectivity index (χ3n) is 3.40. The van der Waals surface area contributed by atoms with Crippen molar-refractivity contribution in [1.29, 1.82) is 0 Å². The van der Waals surface area contributed by atoms with Gasteiger partial charge in [-0.2, -0.15) is 0 Å². The number of nitro benzene ring substituents is 1. The van der Waals surface area contributed by atoms with Gasteiger partial charge < -0.3 is 10.6 Å². The van der Waals surface area contributed by atoms with Gasteiger partial charge in [-0.1, -0.05) is 11.6 Å². The molecule has 0 aromatic heterocycles. The molecule has 2 rings (SSSR count). The summed E-state index contributed by atoms with van der Waals surface area (Å²) in [5, 5.41) is 17.2. The molecule has 1 heterocycles. The van der Waals surface area contributed by atoms with Crippen molar-refractivity contribution in [2.24, 2.45) is 5.92 Å². The first-order chi connectivity index (χ1) is 9.58. The first-order valence-corrected chi connectivity index (χ1v) is 6.88. The lowest BCUT2D eigenvalue weighted by Gasteiger charge is -2.09. The minimum absolute atomic E-state index is 0. The van der Waals surface area contributed by atoms with Crippen LogP contribution in [0, 0.1) is 16.0 Å². The highest BCUT2D eigenvalue weighted by molar-refractivity contribution is 6.31. The van der Waals surface area contributed by atoms with E-state index in [1.807, 2.05) is 0 Å². The number of hydrogen-bond donors (Lipinski definition) is 2. The van der Waals surface area contributed by atoms with Gasteiger partial charge in [-0.05, 0) is 44.0 Å². The zero-order valence-electron chi connectivity index (χ0n) is 11.3. The van der Waals surface area contributed by atoms with Crippen molar-refractivity contribution in [1.82, 2.24) is 10.6 Å². The van der Waals surface area contributed by atoms with Crippen LogP contribution in [0.2, 0.25) is 5.02 Å². The fourth-order valence-corrected chi connectivity index (χ4v) is 2.47. The molecule has 116 valence electrons. The van der Waals surface area contributed by atoms with Crippen molar-refractivity contribution in [3.05, 3.63) is 38.9 Å². The Morgan fingerprint density at radius 1 is 1.52 bits per heavy atom. The van der Waals surface area contributed by atoms with Gasteiger partial charge in [0.25, 0.3) is 11.6 Å². The van der Waals surface area contributed by atoms with Crippen LogP contribution in [0.3, 0.4) is 0 Å². The summed E-state index contributed by atoms with van der Waals surface area (Å²) in [6.07, 6.45) is 1.97. The third kappa shape index (κ3) is 4.84. The second-order valence-electron chi connectivity index (χ2n) is 4.82. The molecule has 21 heavy (non-hydrogen) atoms. The Balaban J connectivity index is 0.00000220. The van der Waals surface area contributed by atoms with E-state index in [1.54, 1.807) is 0 Å². The monoisotopic (exact) mass is 333 g/mol. The maximum atomic E-state index is 12.0. The number of nitrogens with one attached hydrogen (secondary N) is 2. The van der Waals surface area contributed by atoms with E-state index in [1.165, 1.54) is 18.2 Å². The van der Waals surface area contributed by atoms with Gasteiger partial charge in [0.05, 0.1) is 4.92 Å². The van der Waals surface area contributed by atoms with E-state index in [9.17, 15) is 14.9 Å². The Morgan fingerprint density at radius 3 is 2.90 bits per heavy atom. The number of carbonyl (C=O) groups is 1. The van der Waals surface area contributed by atoms with Gasteiger partial charge in [0.15, 0.2) is 0 Å². The van der Waals surface area contributed by atoms with Gasteiger partial charge in [0.1, 0.15) is 5.56 Å². The first-order valence-electron chi connectivity index (χ1n) is 6.51. The van der Waals surface area contributed by atoms with Gasteiger partial charge in [-0.15, -0.1) is 12.4 Å². The van der Waals surface area contributed by atoms with Crippen molar-refractivity contribution in [3.63, 3.8) is 0 Å². The van der Waals surface area contributed by atoms with E-state index in [-0.39, 0.29) is 23.7 Å². The molecule has 1 atom stereocenters. The molecule has 1 saturated heterocycles. The number of nitro groups is 1. The number of rotatable bonds is 5. The number of halogens is 2. The Kier molecular flexibility index (Phi) is 6.87. The van der Waals surface area contributed by atoms with Crippen molar-refractivity contribution >= 4 is 35.6 Å². The van der Waals surface area contributed by atoms with E-state index >= 15 is 0 Å². The molecule has 6 nitrogen and oxygen atoms in total. The highest BCUT2D eigenvalue weighted by Crippen LogP contribution is 2.22. The summed E-state index contributed by atoms with van der Waals surface area (Å²) in [5.74, 6) is 0.106. The van der Waals surface area contributed by atoms with E-state index < -0.39 is 10.8 Å². The second-order valence-corrected chi connectivity index (χ2v) is 5.26. The SMILES string of the molecule is Cl.O=C(NCCC1CCNC1)c1cc(Cl)ccc1[N+](=O)[O-]. The molecule has 1 amide bonds. The standard InChI is InChI=1S/C13H16ClN3O3.ClH/c14-10-1-2-12(17(19)20)11(7-10)13(18)16-6-4-9-3-5-15-8-9;/h1-2,7,9,15H,3-6,8H2,(H,16,18);1H. The van der Waals surface area contributed by atoms with Gasteiger partial charge in [0, 0.05) is 17.6 Å². The quantitative estimate of drug-likeness (QED) is 0.640. The lowest BCUT2D eigenvalue weighted by molar-refractivity contribution is -0.385. The minimum Gasteiger partial charge on any atom is -0.352 e. The number of benzene rings is 1. The second kappa shape index (κ2) is 8.17. The number of amides is 1. The molecule has 0 radical (unpaired) electrons. The molecule has 0 aliphatic carbocycles. The van der Waals surface area contributed by atoms with Crippen molar-refractivity contribution in [2.45, 2.75) is 12.8 Å². The van der Waals surface area contributed by atoms with Crippen LogP contribution < -0.4 is 10.6 Å². The summed E-state index contributed by atoms with van der Waals surface area (Å²) in [7, 11) is 0. The van der Waals surface area contributed by atoms with Crippen LogP contribution in [0.15, 0.2) is 18.2 Å². The maximum Gasteiger partial charge on any atom is 0.282 e. The summed E-state index contributed by atoms with van der Waals surface area (Å²) >= 11 is 5.79. The van der Waals surface area contributed by atoms with Gasteiger partial charge >= 0.3 is 0 Å². The first kappa shape index (κ1) is 17.7. The molecule has 1 aliphatic heterocycles. The average molecular weight is 334 g/mol. The lowest BCUT2D eigenvalue weighted by Crippen LogP contribution is -2.27. The molecule has 1 aromatic carbocycles. The fraction of sp³-hybridized carbons (Fsp3) is 0.462. The smallest absolute Gasteiger partial charge is 0.282 e. The zero-order valence-corrected chi connectivity index (χ0v) is 12.9. The highest BCUT2D eigenvalue weighted by atomic mass is 35.5. The largest absolute Gasteiger partial charge is 0.352 e. The van der Waals surface area contributed by atoms with Crippen LogP contribution in [0.25, 0.3) is 0 Å². The molecular weight excluding hydrogens is 317 g/mol. The summed E-state index contributed by atoms with van der Waals surface area (Å²) in [6.45, 7) is 2.49. The van der Waals surface area contributed by atoms with Gasteiger partial charge in [-0.3, -0.25) is 14.9 Å². The van der Waals surface area contributed by atoms with E-state index in [0.717, 1.165) is 25.9 Å². The number of nitrogens with zero attached hydrogens (tertiary/aromatic N) is 1. The fourth-order valence-electron chi connectivity index (χ4n) is 2.30. The third-order valence-corrected chi connectivity index (χ3v) is 3.64. The van der Waals surface area contributed by atoms with Crippen LogP contribution in [0.5, 0.6) is 0 Å².